The first-order valence-corrected chi connectivity index (χ1v) is 2.01. The van der Waals surface area contributed by atoms with Gasteiger partial charge in [-0.2, -0.15) is 0 Å². The van der Waals surface area contributed by atoms with Crippen LogP contribution in [0.5, 0.6) is 0 Å². The van der Waals surface area contributed by atoms with Crippen molar-refractivity contribution in [2.24, 2.45) is 11.5 Å². The van der Waals surface area contributed by atoms with Crippen LogP contribution in [0.15, 0.2) is 24.0 Å². The number of hydrogen-bond acceptors (Lipinski definition) is 2. The topological polar surface area (TPSA) is 52.0 Å². The third-order valence-electron chi connectivity index (χ3n) is 0.672. The molecule has 0 unspecified atom stereocenters. The third kappa shape index (κ3) is 1.87. The molecule has 0 amide bonds. The Hall–Kier alpha value is -0.920. The average molecular weight is 98.1 g/mol. The van der Waals surface area contributed by atoms with Gasteiger partial charge in [-0.15, -0.1) is 0 Å². The van der Waals surface area contributed by atoms with Crippen molar-refractivity contribution in [3.63, 3.8) is 0 Å². The summed E-state index contributed by atoms with van der Waals surface area (Å²) in [4.78, 5) is 0. The van der Waals surface area contributed by atoms with E-state index in [2.05, 4.69) is 6.58 Å². The smallest absolute Gasteiger partial charge is 0.0495 e. The van der Waals surface area contributed by atoms with E-state index in [4.69, 9.17) is 11.5 Å². The Balaban J connectivity index is 3.82. The molecule has 0 aliphatic carbocycles. The van der Waals surface area contributed by atoms with Crippen molar-refractivity contribution in [1.82, 2.24) is 0 Å². The van der Waals surface area contributed by atoms with Crippen LogP contribution < -0.4 is 11.5 Å². The lowest BCUT2D eigenvalue weighted by atomic mass is 10.3. The molecule has 0 atom stereocenters. The summed E-state index contributed by atoms with van der Waals surface area (Å²) in [6, 6.07) is 0. The number of rotatable bonds is 1. The summed E-state index contributed by atoms with van der Waals surface area (Å²) < 4.78 is 0. The van der Waals surface area contributed by atoms with Gasteiger partial charge in [0, 0.05) is 11.9 Å². The molecule has 40 valence electrons. The zero-order valence-corrected chi connectivity index (χ0v) is 4.44. The van der Waals surface area contributed by atoms with Gasteiger partial charge in [0.1, 0.15) is 0 Å². The van der Waals surface area contributed by atoms with Crippen LogP contribution in [0.1, 0.15) is 6.92 Å². The van der Waals surface area contributed by atoms with E-state index in [1.54, 1.807) is 6.92 Å². The Kier molecular flexibility index (Phi) is 1.99. The molecule has 0 radical (unpaired) electrons. The minimum atomic E-state index is 0.556. The second kappa shape index (κ2) is 2.29. The number of hydrogen-bond donors (Lipinski definition) is 2. The fourth-order valence-corrected chi connectivity index (χ4v) is 0.142. The van der Waals surface area contributed by atoms with Crippen LogP contribution in [0.3, 0.4) is 0 Å². The normalized spacial score (nSPS) is 11.3. The zero-order valence-electron chi connectivity index (χ0n) is 4.44. The SMILES string of the molecule is C=C(C)/C(N)=C/N. The maximum absolute atomic E-state index is 5.25. The van der Waals surface area contributed by atoms with Gasteiger partial charge in [0.2, 0.25) is 0 Å². The fraction of sp³-hybridized carbons (Fsp3) is 0.200. The van der Waals surface area contributed by atoms with Crippen LogP contribution in [0, 0.1) is 0 Å². The maximum atomic E-state index is 5.25. The van der Waals surface area contributed by atoms with Crippen molar-refractivity contribution in [3.8, 4) is 0 Å². The van der Waals surface area contributed by atoms with Gasteiger partial charge in [0.25, 0.3) is 0 Å². The Morgan fingerprint density at radius 3 is 2.14 bits per heavy atom. The van der Waals surface area contributed by atoms with Crippen molar-refractivity contribution in [3.05, 3.63) is 24.0 Å². The molecule has 0 aliphatic rings. The van der Waals surface area contributed by atoms with Crippen molar-refractivity contribution in [2.75, 3.05) is 0 Å². The van der Waals surface area contributed by atoms with Crippen LogP contribution in [-0.2, 0) is 0 Å². The summed E-state index contributed by atoms with van der Waals surface area (Å²) in [6.07, 6.45) is 1.34. The Morgan fingerprint density at radius 1 is 1.71 bits per heavy atom. The highest BCUT2D eigenvalue weighted by Gasteiger charge is 1.82. The average Bonchev–Trinajstić information content (AvgIpc) is 1.65. The molecule has 0 aromatic carbocycles. The van der Waals surface area contributed by atoms with Gasteiger partial charge >= 0.3 is 0 Å². The molecular formula is C5H10N2. The van der Waals surface area contributed by atoms with E-state index < -0.39 is 0 Å². The first-order chi connectivity index (χ1) is 3.18. The van der Waals surface area contributed by atoms with Crippen molar-refractivity contribution >= 4 is 0 Å². The van der Waals surface area contributed by atoms with Gasteiger partial charge in [0.05, 0.1) is 0 Å². The molecule has 0 bridgehead atoms. The van der Waals surface area contributed by atoms with Gasteiger partial charge in [-0.3, -0.25) is 0 Å². The molecule has 0 fully saturated rings. The molecule has 0 saturated heterocycles. The lowest BCUT2D eigenvalue weighted by molar-refractivity contribution is 1.27. The standard InChI is InChI=1S/C5H10N2/c1-4(2)5(7)3-6/h3H,1,6-7H2,2H3/b5-3-. The van der Waals surface area contributed by atoms with Crippen LogP contribution in [0.4, 0.5) is 0 Å². The molecule has 7 heavy (non-hydrogen) atoms. The van der Waals surface area contributed by atoms with Crippen LogP contribution in [0.2, 0.25) is 0 Å². The molecule has 2 heteroatoms. The molecule has 0 rings (SSSR count). The molecule has 0 aromatic heterocycles. The van der Waals surface area contributed by atoms with E-state index in [1.807, 2.05) is 0 Å². The lowest BCUT2D eigenvalue weighted by Crippen LogP contribution is -2.00. The van der Waals surface area contributed by atoms with Gasteiger partial charge in [-0.05, 0) is 12.5 Å². The molecular weight excluding hydrogens is 88.1 g/mol. The molecule has 0 aromatic rings. The second-order valence-corrected chi connectivity index (χ2v) is 1.40. The van der Waals surface area contributed by atoms with E-state index in [0.29, 0.717) is 5.70 Å². The highest BCUT2D eigenvalue weighted by molar-refractivity contribution is 5.20. The summed E-state index contributed by atoms with van der Waals surface area (Å²) in [5.74, 6) is 0. The highest BCUT2D eigenvalue weighted by atomic mass is 14.6. The minimum Gasteiger partial charge on any atom is -0.403 e. The fourth-order valence-electron chi connectivity index (χ4n) is 0.142. The first kappa shape index (κ1) is 6.08. The monoisotopic (exact) mass is 98.1 g/mol. The molecule has 0 saturated carbocycles. The summed E-state index contributed by atoms with van der Waals surface area (Å²) in [6.45, 7) is 5.36. The van der Waals surface area contributed by atoms with E-state index in [1.165, 1.54) is 6.20 Å². The minimum absolute atomic E-state index is 0.556. The first-order valence-electron chi connectivity index (χ1n) is 2.01. The number of allylic oxidation sites excluding steroid dienone is 1. The highest BCUT2D eigenvalue weighted by Crippen LogP contribution is 1.93. The molecule has 0 aliphatic heterocycles. The number of nitrogens with two attached hydrogens (primary N) is 2. The van der Waals surface area contributed by atoms with Crippen LogP contribution in [0.25, 0.3) is 0 Å². The molecule has 2 nitrogen and oxygen atoms in total. The summed E-state index contributed by atoms with van der Waals surface area (Å²) in [5, 5.41) is 0. The van der Waals surface area contributed by atoms with E-state index in [-0.39, 0.29) is 0 Å². The molecule has 4 N–H and O–H groups in total. The Morgan fingerprint density at radius 2 is 2.14 bits per heavy atom. The van der Waals surface area contributed by atoms with Crippen molar-refractivity contribution in [2.45, 2.75) is 6.92 Å². The zero-order chi connectivity index (χ0) is 5.86. The Bertz CT molecular complexity index is 103. The Labute approximate surface area is 43.5 Å². The van der Waals surface area contributed by atoms with E-state index >= 15 is 0 Å². The van der Waals surface area contributed by atoms with Crippen molar-refractivity contribution < 1.29 is 0 Å². The quantitative estimate of drug-likeness (QED) is 0.464. The largest absolute Gasteiger partial charge is 0.403 e. The predicted molar refractivity (Wildman–Crippen MR) is 31.3 cm³/mol. The van der Waals surface area contributed by atoms with Crippen LogP contribution in [-0.4, -0.2) is 0 Å². The molecule has 0 spiro atoms. The maximum Gasteiger partial charge on any atom is 0.0495 e. The van der Waals surface area contributed by atoms with Gasteiger partial charge < -0.3 is 11.5 Å². The van der Waals surface area contributed by atoms with Gasteiger partial charge in [0.15, 0.2) is 0 Å². The summed E-state index contributed by atoms with van der Waals surface area (Å²) in [5.41, 5.74) is 11.6. The summed E-state index contributed by atoms with van der Waals surface area (Å²) in [7, 11) is 0. The van der Waals surface area contributed by atoms with E-state index in [9.17, 15) is 0 Å². The van der Waals surface area contributed by atoms with E-state index in [0.717, 1.165) is 5.57 Å². The summed E-state index contributed by atoms with van der Waals surface area (Å²) >= 11 is 0. The third-order valence-corrected chi connectivity index (χ3v) is 0.672. The predicted octanol–water partition coefficient (Wildman–Crippen LogP) is 0.321. The van der Waals surface area contributed by atoms with Crippen LogP contribution >= 0.6 is 0 Å². The lowest BCUT2D eigenvalue weighted by Gasteiger charge is -1.92. The molecule has 0 heterocycles. The van der Waals surface area contributed by atoms with Gasteiger partial charge in [-0.1, -0.05) is 6.58 Å². The second-order valence-electron chi connectivity index (χ2n) is 1.40. The van der Waals surface area contributed by atoms with Crippen molar-refractivity contribution in [1.29, 1.82) is 0 Å². The van der Waals surface area contributed by atoms with Gasteiger partial charge in [-0.25, -0.2) is 0 Å².